The van der Waals surface area contributed by atoms with Crippen molar-refractivity contribution in [2.75, 3.05) is 0 Å². The SMILES string of the molecule is CCCn1cnc(C)c1CC. The molecule has 0 aromatic carbocycles. The van der Waals surface area contributed by atoms with E-state index in [1.54, 1.807) is 0 Å². The van der Waals surface area contributed by atoms with Crippen LogP contribution < -0.4 is 0 Å². The van der Waals surface area contributed by atoms with Crippen LogP contribution in [0.25, 0.3) is 0 Å². The number of imidazole rings is 1. The van der Waals surface area contributed by atoms with Gasteiger partial charge in [-0.2, -0.15) is 0 Å². The number of nitrogens with zero attached hydrogens (tertiary/aromatic N) is 2. The molecule has 0 bridgehead atoms. The number of aryl methyl sites for hydroxylation is 2. The van der Waals surface area contributed by atoms with Crippen molar-refractivity contribution in [3.05, 3.63) is 17.7 Å². The lowest BCUT2D eigenvalue weighted by Gasteiger charge is -2.03. The molecule has 11 heavy (non-hydrogen) atoms. The van der Waals surface area contributed by atoms with E-state index in [0.717, 1.165) is 13.0 Å². The fourth-order valence-electron chi connectivity index (χ4n) is 1.40. The maximum atomic E-state index is 4.27. The monoisotopic (exact) mass is 152 g/mol. The molecular formula is C9H16N2. The average molecular weight is 152 g/mol. The van der Waals surface area contributed by atoms with E-state index >= 15 is 0 Å². The Balaban J connectivity index is 2.86. The Labute approximate surface area is 68.3 Å². The summed E-state index contributed by atoms with van der Waals surface area (Å²) < 4.78 is 2.25. The minimum atomic E-state index is 1.09. The molecule has 0 aliphatic carbocycles. The van der Waals surface area contributed by atoms with Crippen LogP contribution in [0.4, 0.5) is 0 Å². The van der Waals surface area contributed by atoms with Crippen LogP contribution >= 0.6 is 0 Å². The van der Waals surface area contributed by atoms with E-state index < -0.39 is 0 Å². The van der Waals surface area contributed by atoms with Gasteiger partial charge in [-0.1, -0.05) is 13.8 Å². The van der Waals surface area contributed by atoms with Crippen LogP contribution in [0.3, 0.4) is 0 Å². The van der Waals surface area contributed by atoms with Crippen molar-refractivity contribution < 1.29 is 0 Å². The van der Waals surface area contributed by atoms with Gasteiger partial charge in [0.15, 0.2) is 0 Å². The summed E-state index contributed by atoms with van der Waals surface area (Å²) in [6.45, 7) is 7.54. The molecule has 1 heterocycles. The van der Waals surface area contributed by atoms with Crippen molar-refractivity contribution >= 4 is 0 Å². The van der Waals surface area contributed by atoms with Crippen LogP contribution in [-0.2, 0) is 13.0 Å². The fraction of sp³-hybridized carbons (Fsp3) is 0.667. The highest BCUT2D eigenvalue weighted by Crippen LogP contribution is 2.07. The molecule has 62 valence electrons. The predicted octanol–water partition coefficient (Wildman–Crippen LogP) is 2.16. The molecule has 0 saturated heterocycles. The molecule has 0 aliphatic heterocycles. The third kappa shape index (κ3) is 1.62. The summed E-state index contributed by atoms with van der Waals surface area (Å²) in [6, 6.07) is 0. The van der Waals surface area contributed by atoms with Gasteiger partial charge in [-0.15, -0.1) is 0 Å². The zero-order valence-electron chi connectivity index (χ0n) is 7.59. The van der Waals surface area contributed by atoms with E-state index in [1.165, 1.54) is 17.8 Å². The molecule has 2 heteroatoms. The highest BCUT2D eigenvalue weighted by atomic mass is 15.0. The van der Waals surface area contributed by atoms with Crippen molar-refractivity contribution in [3.63, 3.8) is 0 Å². The lowest BCUT2D eigenvalue weighted by molar-refractivity contribution is 0.648. The van der Waals surface area contributed by atoms with Gasteiger partial charge in [0.1, 0.15) is 0 Å². The Morgan fingerprint density at radius 1 is 1.45 bits per heavy atom. The Bertz CT molecular complexity index is 225. The second-order valence-electron chi connectivity index (χ2n) is 2.82. The average Bonchev–Trinajstić information content (AvgIpc) is 2.33. The third-order valence-corrected chi connectivity index (χ3v) is 1.95. The van der Waals surface area contributed by atoms with Crippen LogP contribution in [0.2, 0.25) is 0 Å². The van der Waals surface area contributed by atoms with E-state index in [4.69, 9.17) is 0 Å². The Hall–Kier alpha value is -0.790. The van der Waals surface area contributed by atoms with E-state index in [-0.39, 0.29) is 0 Å². The van der Waals surface area contributed by atoms with Crippen LogP contribution in [-0.4, -0.2) is 9.55 Å². The first-order valence-corrected chi connectivity index (χ1v) is 4.30. The molecule has 0 unspecified atom stereocenters. The number of hydrogen-bond donors (Lipinski definition) is 0. The van der Waals surface area contributed by atoms with Gasteiger partial charge in [-0.25, -0.2) is 4.98 Å². The molecule has 0 atom stereocenters. The van der Waals surface area contributed by atoms with Gasteiger partial charge in [-0.3, -0.25) is 0 Å². The molecule has 2 nitrogen and oxygen atoms in total. The highest BCUT2D eigenvalue weighted by molar-refractivity contribution is 5.10. The molecule has 0 aliphatic rings. The Kier molecular flexibility index (Phi) is 2.69. The summed E-state index contributed by atoms with van der Waals surface area (Å²) in [4.78, 5) is 4.27. The number of aromatic nitrogens is 2. The van der Waals surface area contributed by atoms with E-state index in [9.17, 15) is 0 Å². The van der Waals surface area contributed by atoms with Gasteiger partial charge in [0, 0.05) is 12.2 Å². The molecule has 0 saturated carbocycles. The largest absolute Gasteiger partial charge is 0.334 e. The maximum absolute atomic E-state index is 4.27. The van der Waals surface area contributed by atoms with E-state index in [1.807, 2.05) is 6.33 Å². The second-order valence-corrected chi connectivity index (χ2v) is 2.82. The number of hydrogen-bond acceptors (Lipinski definition) is 1. The minimum absolute atomic E-state index is 1.09. The van der Waals surface area contributed by atoms with Crippen molar-refractivity contribution in [1.82, 2.24) is 9.55 Å². The summed E-state index contributed by atoms with van der Waals surface area (Å²) in [6.07, 6.45) is 4.21. The van der Waals surface area contributed by atoms with Crippen molar-refractivity contribution in [3.8, 4) is 0 Å². The lowest BCUT2D eigenvalue weighted by Crippen LogP contribution is -2.00. The van der Waals surface area contributed by atoms with Crippen molar-refractivity contribution in [2.24, 2.45) is 0 Å². The van der Waals surface area contributed by atoms with Gasteiger partial charge in [0.05, 0.1) is 12.0 Å². The standard InChI is InChI=1S/C9H16N2/c1-4-6-11-7-10-8(3)9(11)5-2/h7H,4-6H2,1-3H3. The topological polar surface area (TPSA) is 17.8 Å². The molecule has 0 fully saturated rings. The maximum Gasteiger partial charge on any atom is 0.0951 e. The van der Waals surface area contributed by atoms with Crippen molar-refractivity contribution in [1.29, 1.82) is 0 Å². The van der Waals surface area contributed by atoms with Gasteiger partial charge >= 0.3 is 0 Å². The first-order valence-electron chi connectivity index (χ1n) is 4.30. The Morgan fingerprint density at radius 2 is 2.18 bits per heavy atom. The molecule has 1 rings (SSSR count). The molecule has 1 aromatic heterocycles. The van der Waals surface area contributed by atoms with Gasteiger partial charge in [-0.05, 0) is 19.8 Å². The summed E-state index contributed by atoms with van der Waals surface area (Å²) in [7, 11) is 0. The normalized spacial score (nSPS) is 10.5. The first-order chi connectivity index (χ1) is 5.29. The minimum Gasteiger partial charge on any atom is -0.334 e. The Morgan fingerprint density at radius 3 is 2.73 bits per heavy atom. The second kappa shape index (κ2) is 3.56. The quantitative estimate of drug-likeness (QED) is 0.649. The molecule has 0 radical (unpaired) electrons. The van der Waals surface area contributed by atoms with Crippen LogP contribution in [0, 0.1) is 6.92 Å². The number of rotatable bonds is 3. The smallest absolute Gasteiger partial charge is 0.0951 e. The summed E-state index contributed by atoms with van der Waals surface area (Å²) >= 11 is 0. The van der Waals surface area contributed by atoms with E-state index in [0.29, 0.717) is 0 Å². The van der Waals surface area contributed by atoms with E-state index in [2.05, 4.69) is 30.3 Å². The first kappa shape index (κ1) is 8.31. The molecule has 1 aromatic rings. The fourth-order valence-corrected chi connectivity index (χ4v) is 1.40. The zero-order valence-corrected chi connectivity index (χ0v) is 7.59. The van der Waals surface area contributed by atoms with Crippen molar-refractivity contribution in [2.45, 2.75) is 40.2 Å². The van der Waals surface area contributed by atoms with Crippen LogP contribution in [0.15, 0.2) is 6.33 Å². The summed E-state index contributed by atoms with van der Waals surface area (Å²) in [5.74, 6) is 0. The predicted molar refractivity (Wildman–Crippen MR) is 46.6 cm³/mol. The molecule has 0 spiro atoms. The summed E-state index contributed by atoms with van der Waals surface area (Å²) in [5, 5.41) is 0. The molecule has 0 N–H and O–H groups in total. The molecular weight excluding hydrogens is 136 g/mol. The molecule has 0 amide bonds. The zero-order chi connectivity index (χ0) is 8.27. The van der Waals surface area contributed by atoms with Crippen LogP contribution in [0.5, 0.6) is 0 Å². The van der Waals surface area contributed by atoms with Gasteiger partial charge < -0.3 is 4.57 Å². The third-order valence-electron chi connectivity index (χ3n) is 1.95. The van der Waals surface area contributed by atoms with Crippen LogP contribution in [0.1, 0.15) is 31.7 Å². The highest BCUT2D eigenvalue weighted by Gasteiger charge is 2.02. The van der Waals surface area contributed by atoms with Gasteiger partial charge in [0.25, 0.3) is 0 Å². The summed E-state index contributed by atoms with van der Waals surface area (Å²) in [5.41, 5.74) is 2.56. The van der Waals surface area contributed by atoms with Gasteiger partial charge in [0.2, 0.25) is 0 Å². The lowest BCUT2D eigenvalue weighted by atomic mass is 10.3.